The lowest BCUT2D eigenvalue weighted by molar-refractivity contribution is -0.229. The monoisotopic (exact) mass is 360 g/mol. The average Bonchev–Trinajstić information content (AvgIpc) is 2.47. The van der Waals surface area contributed by atoms with E-state index in [0.717, 1.165) is 27.7 Å². The lowest BCUT2D eigenvalue weighted by Crippen LogP contribution is -2.76. The van der Waals surface area contributed by atoms with Crippen molar-refractivity contribution in [2.45, 2.75) is 51.9 Å². The van der Waals surface area contributed by atoms with E-state index in [4.69, 9.17) is 9.47 Å². The highest BCUT2D eigenvalue weighted by atomic mass is 16.6. The summed E-state index contributed by atoms with van der Waals surface area (Å²) in [6.45, 7) is 2.47. The fraction of sp³-hybridized carbons (Fsp3) is 0.600. The van der Waals surface area contributed by atoms with Crippen molar-refractivity contribution >= 4 is 35.1 Å². The molecule has 10 nitrogen and oxygen atoms in total. The maximum atomic E-state index is 12.5. The first kappa shape index (κ1) is 22.5. The molecule has 0 amide bonds. The Morgan fingerprint density at radius 1 is 0.840 bits per heavy atom. The fourth-order valence-electron chi connectivity index (χ4n) is 2.53. The Morgan fingerprint density at radius 2 is 1.28 bits per heavy atom. The Kier molecular flexibility index (Phi) is 7.28. The molecule has 0 radical (unpaired) electrons. The van der Waals surface area contributed by atoms with Gasteiger partial charge in [-0.05, 0) is 13.8 Å². The number of aliphatic hydroxyl groups is 2. The number of aliphatic hydroxyl groups excluding tert-OH is 2. The molecule has 2 unspecified atom stereocenters. The third kappa shape index (κ3) is 3.80. The number of ketones is 4. The molecule has 140 valence electrons. The first-order valence-corrected chi connectivity index (χ1v) is 7.06. The smallest absolute Gasteiger partial charge is 0.304 e. The van der Waals surface area contributed by atoms with Crippen LogP contribution in [0.2, 0.25) is 0 Å². The number of carbonyl (C=O) groups excluding carboxylic acids is 6. The maximum absolute atomic E-state index is 12.5. The summed E-state index contributed by atoms with van der Waals surface area (Å²) < 4.78 is 9.53. The lowest BCUT2D eigenvalue weighted by Gasteiger charge is -2.45. The molecule has 0 saturated heterocycles. The van der Waals surface area contributed by atoms with Crippen LogP contribution in [0.15, 0.2) is 0 Å². The Bertz CT molecular complexity index is 622. The number of hydrogen-bond acceptors (Lipinski definition) is 10. The van der Waals surface area contributed by atoms with Gasteiger partial charge in [-0.1, -0.05) is 0 Å². The Labute approximate surface area is 143 Å². The molecule has 0 fully saturated rings. The quantitative estimate of drug-likeness (QED) is 0.275. The Balaban J connectivity index is 7.24. The van der Waals surface area contributed by atoms with Crippen molar-refractivity contribution in [2.24, 2.45) is 0 Å². The summed E-state index contributed by atoms with van der Waals surface area (Å²) in [5, 5.41) is 19.5. The van der Waals surface area contributed by atoms with Crippen molar-refractivity contribution in [1.29, 1.82) is 0 Å². The molecule has 0 aliphatic heterocycles. The maximum Gasteiger partial charge on any atom is 0.304 e. The summed E-state index contributed by atoms with van der Waals surface area (Å²) in [7, 11) is 0. The largest absolute Gasteiger partial charge is 0.443 e. The van der Waals surface area contributed by atoms with Crippen molar-refractivity contribution in [3.8, 4) is 0 Å². The molecule has 2 N–H and O–H groups in total. The highest BCUT2D eigenvalue weighted by molar-refractivity contribution is 6.45. The van der Waals surface area contributed by atoms with E-state index in [1.807, 2.05) is 0 Å². The predicted molar refractivity (Wildman–Crippen MR) is 79.1 cm³/mol. The van der Waals surface area contributed by atoms with Gasteiger partial charge in [0.1, 0.15) is 6.10 Å². The van der Waals surface area contributed by atoms with Gasteiger partial charge < -0.3 is 19.7 Å². The molecule has 0 aromatic rings. The second kappa shape index (κ2) is 8.08. The second-order valence-corrected chi connectivity index (χ2v) is 5.30. The molecule has 0 saturated carbocycles. The van der Waals surface area contributed by atoms with Crippen LogP contribution in [-0.4, -0.2) is 69.2 Å². The molecule has 0 aromatic heterocycles. The van der Waals surface area contributed by atoms with E-state index in [-0.39, 0.29) is 0 Å². The number of Topliss-reactive ketones (excluding diaryl/α,β-unsaturated/α-hetero) is 4. The van der Waals surface area contributed by atoms with Crippen molar-refractivity contribution < 1.29 is 48.5 Å². The molecular formula is C15H20O10. The van der Waals surface area contributed by atoms with Crippen molar-refractivity contribution in [1.82, 2.24) is 0 Å². The summed E-state index contributed by atoms with van der Waals surface area (Å²) in [4.78, 5) is 71.8. The minimum Gasteiger partial charge on any atom is -0.443 e. The SMILES string of the molecule is CC(=O)OC(C(C)=O)(C(O)CO)[C@](OC(C)=O)(C(C)=O)C(=O)C(C)=O. The first-order valence-electron chi connectivity index (χ1n) is 7.06. The lowest BCUT2D eigenvalue weighted by atomic mass is 9.69. The van der Waals surface area contributed by atoms with Crippen LogP contribution in [0.5, 0.6) is 0 Å². The number of esters is 2. The van der Waals surface area contributed by atoms with Crippen molar-refractivity contribution in [2.75, 3.05) is 6.61 Å². The van der Waals surface area contributed by atoms with Crippen LogP contribution >= 0.6 is 0 Å². The third-order valence-corrected chi connectivity index (χ3v) is 3.43. The number of rotatable bonds is 9. The van der Waals surface area contributed by atoms with Gasteiger partial charge in [0, 0.05) is 20.8 Å². The van der Waals surface area contributed by atoms with Crippen LogP contribution in [-0.2, 0) is 38.2 Å². The molecule has 10 heteroatoms. The molecule has 0 aromatic carbocycles. The van der Waals surface area contributed by atoms with Gasteiger partial charge in [0.25, 0.3) is 17.0 Å². The topological polar surface area (TPSA) is 161 Å². The first-order chi connectivity index (χ1) is 11.3. The van der Waals surface area contributed by atoms with Gasteiger partial charge in [-0.15, -0.1) is 0 Å². The molecule has 0 spiro atoms. The van der Waals surface area contributed by atoms with Crippen molar-refractivity contribution in [3.63, 3.8) is 0 Å². The van der Waals surface area contributed by atoms with E-state index in [2.05, 4.69) is 0 Å². The van der Waals surface area contributed by atoms with Crippen LogP contribution in [0, 0.1) is 0 Å². The van der Waals surface area contributed by atoms with Crippen molar-refractivity contribution in [3.05, 3.63) is 0 Å². The van der Waals surface area contributed by atoms with E-state index in [0.29, 0.717) is 6.92 Å². The minimum absolute atomic E-state index is 0.703. The van der Waals surface area contributed by atoms with Crippen LogP contribution in [0.4, 0.5) is 0 Å². The number of ether oxygens (including phenoxy) is 2. The Hall–Kier alpha value is -2.46. The summed E-state index contributed by atoms with van der Waals surface area (Å²) in [5.41, 5.74) is -6.43. The zero-order valence-corrected chi connectivity index (χ0v) is 14.4. The van der Waals surface area contributed by atoms with E-state index in [1.54, 1.807) is 0 Å². The highest BCUT2D eigenvalue weighted by Crippen LogP contribution is 2.37. The van der Waals surface area contributed by atoms with Gasteiger partial charge in [-0.3, -0.25) is 28.8 Å². The summed E-state index contributed by atoms with van der Waals surface area (Å²) >= 11 is 0. The molecule has 0 aliphatic carbocycles. The second-order valence-electron chi connectivity index (χ2n) is 5.30. The predicted octanol–water partition coefficient (Wildman–Crippen LogP) is -1.72. The van der Waals surface area contributed by atoms with Gasteiger partial charge in [-0.25, -0.2) is 0 Å². The minimum atomic E-state index is -3.29. The number of carbonyl (C=O) groups is 6. The van der Waals surface area contributed by atoms with Gasteiger partial charge >= 0.3 is 11.9 Å². The van der Waals surface area contributed by atoms with Crippen LogP contribution < -0.4 is 0 Å². The average molecular weight is 360 g/mol. The van der Waals surface area contributed by atoms with E-state index in [9.17, 15) is 39.0 Å². The summed E-state index contributed by atoms with van der Waals surface area (Å²) in [6, 6.07) is 0. The van der Waals surface area contributed by atoms with Gasteiger partial charge in [0.2, 0.25) is 0 Å². The molecule has 25 heavy (non-hydrogen) atoms. The molecule has 0 aliphatic rings. The highest BCUT2D eigenvalue weighted by Gasteiger charge is 2.72. The van der Waals surface area contributed by atoms with Gasteiger partial charge in [0.15, 0.2) is 17.3 Å². The standard InChI is InChI=1S/C15H20O10/c1-7(17)13(23)15(9(3)19,25-11(5)21)14(8(2)18,12(22)6-16)24-10(4)20/h12,16,22H,6H2,1-5H3/t12?,14?,15-/m0/s1. The summed E-state index contributed by atoms with van der Waals surface area (Å²) in [6.07, 6.45) is -2.35. The molecule has 0 bridgehead atoms. The zero-order valence-electron chi connectivity index (χ0n) is 14.4. The van der Waals surface area contributed by atoms with Crippen LogP contribution in [0.1, 0.15) is 34.6 Å². The Morgan fingerprint density at radius 3 is 1.52 bits per heavy atom. The molecule has 0 rings (SSSR count). The van der Waals surface area contributed by atoms with E-state index >= 15 is 0 Å². The zero-order chi connectivity index (χ0) is 20.2. The van der Waals surface area contributed by atoms with Crippen LogP contribution in [0.25, 0.3) is 0 Å². The number of hydrogen-bond donors (Lipinski definition) is 2. The van der Waals surface area contributed by atoms with Gasteiger partial charge in [0.05, 0.1) is 6.61 Å². The third-order valence-electron chi connectivity index (χ3n) is 3.43. The molecule has 0 heterocycles. The fourth-order valence-corrected chi connectivity index (χ4v) is 2.53. The normalized spacial score (nSPS) is 16.6. The van der Waals surface area contributed by atoms with Gasteiger partial charge in [-0.2, -0.15) is 0 Å². The van der Waals surface area contributed by atoms with Crippen LogP contribution in [0.3, 0.4) is 0 Å². The molecular weight excluding hydrogens is 340 g/mol. The summed E-state index contributed by atoms with van der Waals surface area (Å²) in [5.74, 6) is -8.16. The van der Waals surface area contributed by atoms with E-state index < -0.39 is 59.0 Å². The van der Waals surface area contributed by atoms with E-state index in [1.165, 1.54) is 0 Å². The molecule has 3 atom stereocenters.